The highest BCUT2D eigenvalue weighted by molar-refractivity contribution is 7.90. The maximum atomic E-state index is 12.6. The highest BCUT2D eigenvalue weighted by Gasteiger charge is 2.32. The van der Waals surface area contributed by atoms with Crippen molar-refractivity contribution in [2.24, 2.45) is 4.99 Å². The summed E-state index contributed by atoms with van der Waals surface area (Å²) in [5, 5.41) is 2.72. The van der Waals surface area contributed by atoms with Crippen molar-refractivity contribution in [3.63, 3.8) is 0 Å². The molecular formula is C24H29N3O5S. The van der Waals surface area contributed by atoms with Crippen LogP contribution < -0.4 is 19.5 Å². The summed E-state index contributed by atoms with van der Waals surface area (Å²) in [6.45, 7) is 4.46. The van der Waals surface area contributed by atoms with Gasteiger partial charge in [-0.2, -0.15) is 0 Å². The molecule has 0 saturated carbocycles. The van der Waals surface area contributed by atoms with Crippen LogP contribution in [0.2, 0.25) is 0 Å². The zero-order valence-electron chi connectivity index (χ0n) is 18.9. The number of amides is 1. The highest BCUT2D eigenvalue weighted by atomic mass is 32.2. The molecule has 4 rings (SSSR count). The van der Waals surface area contributed by atoms with Gasteiger partial charge in [-0.05, 0) is 57.0 Å². The normalized spacial score (nSPS) is 17.2. The first-order valence-corrected chi connectivity index (χ1v) is 12.6. The molecule has 2 aromatic carbocycles. The number of rotatable bonds is 6. The van der Waals surface area contributed by atoms with E-state index in [1.807, 2.05) is 26.0 Å². The Labute approximate surface area is 194 Å². The first-order chi connectivity index (χ1) is 15.7. The second-order valence-corrected chi connectivity index (χ2v) is 10.6. The van der Waals surface area contributed by atoms with Crippen molar-refractivity contribution >= 4 is 27.5 Å². The van der Waals surface area contributed by atoms with Gasteiger partial charge in [-0.1, -0.05) is 18.6 Å². The predicted molar refractivity (Wildman–Crippen MR) is 127 cm³/mol. The van der Waals surface area contributed by atoms with Gasteiger partial charge < -0.3 is 14.8 Å². The van der Waals surface area contributed by atoms with Crippen molar-refractivity contribution in [1.82, 2.24) is 4.72 Å². The molecule has 0 unspecified atom stereocenters. The van der Waals surface area contributed by atoms with Crippen LogP contribution in [0.1, 0.15) is 45.1 Å². The molecule has 2 aromatic rings. The summed E-state index contributed by atoms with van der Waals surface area (Å²) in [6, 6.07) is 11.7. The van der Waals surface area contributed by atoms with E-state index in [2.05, 4.69) is 15.0 Å². The van der Waals surface area contributed by atoms with Gasteiger partial charge in [0.2, 0.25) is 0 Å². The zero-order valence-corrected chi connectivity index (χ0v) is 19.7. The first kappa shape index (κ1) is 23.1. The fourth-order valence-corrected chi connectivity index (χ4v) is 5.02. The quantitative estimate of drug-likeness (QED) is 0.669. The predicted octanol–water partition coefficient (Wildman–Crippen LogP) is 3.67. The Morgan fingerprint density at radius 3 is 2.70 bits per heavy atom. The van der Waals surface area contributed by atoms with E-state index in [0.29, 0.717) is 36.0 Å². The maximum absolute atomic E-state index is 12.6. The Morgan fingerprint density at radius 2 is 1.91 bits per heavy atom. The van der Waals surface area contributed by atoms with Gasteiger partial charge >= 0.3 is 0 Å². The number of ether oxygens (including phenoxy) is 2. The molecule has 9 heteroatoms. The minimum Gasteiger partial charge on any atom is -0.483 e. The topological polar surface area (TPSA) is 106 Å². The van der Waals surface area contributed by atoms with Crippen molar-refractivity contribution in [2.75, 3.05) is 18.5 Å². The average molecular weight is 472 g/mol. The number of anilines is 1. The molecule has 0 aliphatic carbocycles. The third-order valence-corrected chi connectivity index (χ3v) is 6.89. The van der Waals surface area contributed by atoms with Crippen LogP contribution in [0, 0.1) is 0 Å². The van der Waals surface area contributed by atoms with Crippen LogP contribution >= 0.6 is 0 Å². The van der Waals surface area contributed by atoms with Crippen molar-refractivity contribution in [3.8, 4) is 11.5 Å². The van der Waals surface area contributed by atoms with Crippen molar-refractivity contribution in [3.05, 3.63) is 48.0 Å². The summed E-state index contributed by atoms with van der Waals surface area (Å²) in [7, 11) is -3.72. The molecule has 0 atom stereocenters. The molecule has 1 amide bonds. The van der Waals surface area contributed by atoms with E-state index in [1.165, 1.54) is 12.1 Å². The molecule has 0 saturated heterocycles. The lowest BCUT2D eigenvalue weighted by Gasteiger charge is -2.18. The second-order valence-electron chi connectivity index (χ2n) is 8.89. The molecule has 2 aliphatic heterocycles. The molecule has 2 aliphatic rings. The molecular weight excluding hydrogens is 442 g/mol. The van der Waals surface area contributed by atoms with E-state index in [0.717, 1.165) is 31.2 Å². The van der Waals surface area contributed by atoms with Gasteiger partial charge in [0.15, 0.2) is 18.1 Å². The smallest absolute Gasteiger partial charge is 0.262 e. The summed E-state index contributed by atoms with van der Waals surface area (Å²) in [5.41, 5.74) is 1.23. The fourth-order valence-electron chi connectivity index (χ4n) is 3.93. The van der Waals surface area contributed by atoms with Gasteiger partial charge in [0.1, 0.15) is 11.4 Å². The lowest BCUT2D eigenvalue weighted by molar-refractivity contribution is -0.118. The average Bonchev–Trinajstić information content (AvgIpc) is 2.90. The SMILES string of the molecule is CC1(C)Cc2cccc(OCC(=O)Nc3ccc(S(=O)(=O)NC4=NCCCCC4)cc3)c2O1. The first-order valence-electron chi connectivity index (χ1n) is 11.1. The number of benzene rings is 2. The van der Waals surface area contributed by atoms with Gasteiger partial charge in [-0.15, -0.1) is 0 Å². The largest absolute Gasteiger partial charge is 0.483 e. The molecule has 0 bridgehead atoms. The van der Waals surface area contributed by atoms with Gasteiger partial charge in [0, 0.05) is 30.6 Å². The summed E-state index contributed by atoms with van der Waals surface area (Å²) >= 11 is 0. The Kier molecular flexibility index (Phi) is 6.60. The van der Waals surface area contributed by atoms with Crippen molar-refractivity contribution in [2.45, 2.75) is 56.4 Å². The molecule has 0 spiro atoms. The van der Waals surface area contributed by atoms with Crippen LogP contribution in [-0.4, -0.2) is 38.9 Å². The van der Waals surface area contributed by atoms with Crippen LogP contribution in [0.5, 0.6) is 11.5 Å². The summed E-state index contributed by atoms with van der Waals surface area (Å²) in [5.74, 6) is 1.35. The third-order valence-electron chi connectivity index (χ3n) is 5.49. The van der Waals surface area contributed by atoms with Gasteiger partial charge in [0.05, 0.1) is 4.90 Å². The number of carbonyl (C=O) groups excluding carboxylic acids is 1. The molecule has 176 valence electrons. The number of carbonyl (C=O) groups is 1. The second kappa shape index (κ2) is 9.43. The molecule has 0 fully saturated rings. The van der Waals surface area contributed by atoms with E-state index in [-0.39, 0.29) is 23.0 Å². The van der Waals surface area contributed by atoms with Crippen LogP contribution in [0.3, 0.4) is 0 Å². The Morgan fingerprint density at radius 1 is 1.12 bits per heavy atom. The highest BCUT2D eigenvalue weighted by Crippen LogP contribution is 2.41. The molecule has 2 heterocycles. The number of hydrogen-bond acceptors (Lipinski definition) is 6. The number of sulfonamides is 1. The lowest BCUT2D eigenvalue weighted by Crippen LogP contribution is -2.30. The number of aliphatic imine (C=N–C) groups is 1. The van der Waals surface area contributed by atoms with Crippen LogP contribution in [0.15, 0.2) is 52.4 Å². The fraction of sp³-hybridized carbons (Fsp3) is 0.417. The summed E-state index contributed by atoms with van der Waals surface area (Å²) < 4.78 is 39.5. The standard InChI is InChI=1S/C24H29N3O5S/c1-24(2)15-17-7-6-8-20(23(17)32-24)31-16-22(28)26-18-10-12-19(13-11-18)33(29,30)27-21-9-4-3-5-14-25-21/h6-8,10-13H,3-5,9,14-16H2,1-2H3,(H,25,27)(H,26,28). The number of hydrogen-bond donors (Lipinski definition) is 2. The van der Waals surface area contributed by atoms with E-state index in [9.17, 15) is 13.2 Å². The minimum atomic E-state index is -3.72. The van der Waals surface area contributed by atoms with Gasteiger partial charge in [0.25, 0.3) is 15.9 Å². The number of fused-ring (bicyclic) bond motifs is 1. The molecule has 0 aromatic heterocycles. The zero-order chi connectivity index (χ0) is 23.5. The number of amidine groups is 1. The van der Waals surface area contributed by atoms with E-state index >= 15 is 0 Å². The molecule has 0 radical (unpaired) electrons. The number of nitrogens with one attached hydrogen (secondary N) is 2. The van der Waals surface area contributed by atoms with Crippen molar-refractivity contribution < 1.29 is 22.7 Å². The summed E-state index contributed by atoms with van der Waals surface area (Å²) in [6.07, 6.45) is 4.35. The minimum absolute atomic E-state index is 0.114. The lowest BCUT2D eigenvalue weighted by atomic mass is 10.0. The van der Waals surface area contributed by atoms with Crippen molar-refractivity contribution in [1.29, 1.82) is 0 Å². The Bertz CT molecular complexity index is 1160. The van der Waals surface area contributed by atoms with E-state index in [4.69, 9.17) is 9.47 Å². The van der Waals surface area contributed by atoms with E-state index < -0.39 is 10.0 Å². The molecule has 2 N–H and O–H groups in total. The van der Waals surface area contributed by atoms with Crippen LogP contribution in [0.25, 0.3) is 0 Å². The monoisotopic (exact) mass is 471 g/mol. The molecule has 8 nitrogen and oxygen atoms in total. The van der Waals surface area contributed by atoms with Gasteiger partial charge in [-0.25, -0.2) is 8.42 Å². The Balaban J connectivity index is 1.33. The number of nitrogens with zero attached hydrogens (tertiary/aromatic N) is 1. The number of para-hydroxylation sites is 1. The summed E-state index contributed by atoms with van der Waals surface area (Å²) in [4.78, 5) is 16.8. The van der Waals surface area contributed by atoms with Crippen LogP contribution in [0.4, 0.5) is 5.69 Å². The third kappa shape index (κ3) is 5.84. The maximum Gasteiger partial charge on any atom is 0.262 e. The Hall–Kier alpha value is -3.07. The molecule has 33 heavy (non-hydrogen) atoms. The van der Waals surface area contributed by atoms with Crippen LogP contribution in [-0.2, 0) is 21.2 Å². The van der Waals surface area contributed by atoms with E-state index in [1.54, 1.807) is 18.2 Å². The van der Waals surface area contributed by atoms with Gasteiger partial charge in [-0.3, -0.25) is 14.5 Å².